The predicted octanol–water partition coefficient (Wildman–Crippen LogP) is 4.49. The molecule has 10 heteroatoms. The molecular formula is C23H19Cl2N3O4S. The highest BCUT2D eigenvalue weighted by molar-refractivity contribution is 8.03. The van der Waals surface area contributed by atoms with Crippen molar-refractivity contribution in [2.45, 2.75) is 12.8 Å². The Morgan fingerprint density at radius 3 is 2.52 bits per heavy atom. The zero-order valence-corrected chi connectivity index (χ0v) is 19.8. The number of ether oxygens (including phenoxy) is 1. The number of allylic oxidation sites excluding steroid dienone is 1. The summed E-state index contributed by atoms with van der Waals surface area (Å²) < 4.78 is 5.09. The van der Waals surface area contributed by atoms with Crippen LogP contribution in [0, 0.1) is 17.2 Å². The molecule has 0 aromatic heterocycles. The van der Waals surface area contributed by atoms with Gasteiger partial charge >= 0.3 is 5.97 Å². The van der Waals surface area contributed by atoms with E-state index >= 15 is 0 Å². The monoisotopic (exact) mass is 503 g/mol. The maximum absolute atomic E-state index is 12.9. The van der Waals surface area contributed by atoms with Crippen molar-refractivity contribution in [2.75, 3.05) is 17.7 Å². The summed E-state index contributed by atoms with van der Waals surface area (Å²) in [4.78, 5) is 37.9. The second-order valence-corrected chi connectivity index (χ2v) is 8.75. The molecule has 1 heterocycles. The van der Waals surface area contributed by atoms with E-state index in [1.807, 2.05) is 0 Å². The molecule has 1 aliphatic rings. The normalized spacial score (nSPS) is 17.7. The molecule has 0 spiro atoms. The summed E-state index contributed by atoms with van der Waals surface area (Å²) in [7, 11) is 0. The van der Waals surface area contributed by atoms with Crippen LogP contribution < -0.4 is 10.6 Å². The molecule has 33 heavy (non-hydrogen) atoms. The third-order valence-corrected chi connectivity index (χ3v) is 6.40. The zero-order valence-electron chi connectivity index (χ0n) is 17.4. The largest absolute Gasteiger partial charge is 0.465 e. The van der Waals surface area contributed by atoms with Crippen LogP contribution in [0.5, 0.6) is 0 Å². The number of thioether (sulfide) groups is 1. The molecule has 0 bridgehead atoms. The van der Waals surface area contributed by atoms with Crippen LogP contribution >= 0.6 is 35.0 Å². The van der Waals surface area contributed by atoms with Gasteiger partial charge in [0.25, 0.3) is 0 Å². The third kappa shape index (κ3) is 5.88. The van der Waals surface area contributed by atoms with Crippen LogP contribution in [0.1, 0.15) is 18.4 Å². The van der Waals surface area contributed by atoms with Gasteiger partial charge in [0, 0.05) is 21.7 Å². The third-order valence-electron chi connectivity index (χ3n) is 4.79. The minimum absolute atomic E-state index is 0.0793. The molecule has 2 atom stereocenters. The second-order valence-electron chi connectivity index (χ2n) is 6.92. The summed E-state index contributed by atoms with van der Waals surface area (Å²) in [6, 6.07) is 15.4. The predicted molar refractivity (Wildman–Crippen MR) is 128 cm³/mol. The SMILES string of the molecule is CCOC(=O)[C@H]1C(=O)NC(SCC(=O)Nc2ccc(Cl)cc2)=C(C#N)[C@@H]1c1ccccc1Cl. The van der Waals surface area contributed by atoms with Crippen molar-refractivity contribution in [2.24, 2.45) is 5.92 Å². The van der Waals surface area contributed by atoms with Gasteiger partial charge in [-0.3, -0.25) is 14.4 Å². The summed E-state index contributed by atoms with van der Waals surface area (Å²) in [6.07, 6.45) is 0. The first kappa shape index (κ1) is 24.6. The second kappa shape index (κ2) is 11.2. The fraction of sp³-hybridized carbons (Fsp3) is 0.217. The van der Waals surface area contributed by atoms with Gasteiger partial charge in [0.15, 0.2) is 0 Å². The molecule has 0 fully saturated rings. The standard InChI is InChI=1S/C23H19Cl2N3O4S/c1-2-32-23(31)20-19(15-5-3-4-6-17(15)25)16(11-26)22(28-21(20)30)33-12-18(29)27-14-9-7-13(24)8-10-14/h3-10,19-20H,2,12H2,1H3,(H,27,29)(H,28,30)/t19-,20+/m0/s1. The number of esters is 1. The van der Waals surface area contributed by atoms with E-state index in [2.05, 4.69) is 16.7 Å². The van der Waals surface area contributed by atoms with Crippen LogP contribution in [0.3, 0.4) is 0 Å². The van der Waals surface area contributed by atoms with Crippen molar-refractivity contribution in [1.82, 2.24) is 5.32 Å². The lowest BCUT2D eigenvalue weighted by molar-refractivity contribution is -0.152. The average molecular weight is 504 g/mol. The summed E-state index contributed by atoms with van der Waals surface area (Å²) in [5.41, 5.74) is 1.14. The Balaban J connectivity index is 1.90. The fourth-order valence-corrected chi connectivity index (χ4v) is 4.58. The number of nitrogens with zero attached hydrogens (tertiary/aromatic N) is 1. The Hall–Kier alpha value is -2.99. The topological polar surface area (TPSA) is 108 Å². The van der Waals surface area contributed by atoms with Crippen LogP contribution in [-0.4, -0.2) is 30.1 Å². The first-order chi connectivity index (χ1) is 15.8. The van der Waals surface area contributed by atoms with E-state index in [-0.39, 0.29) is 28.9 Å². The Morgan fingerprint density at radius 2 is 1.88 bits per heavy atom. The number of hydrogen-bond acceptors (Lipinski definition) is 6. The van der Waals surface area contributed by atoms with Gasteiger partial charge in [-0.25, -0.2) is 0 Å². The van der Waals surface area contributed by atoms with Crippen molar-refractivity contribution >= 4 is 58.4 Å². The summed E-state index contributed by atoms with van der Waals surface area (Å²) in [5, 5.41) is 16.3. The molecule has 7 nitrogen and oxygen atoms in total. The first-order valence-electron chi connectivity index (χ1n) is 9.90. The van der Waals surface area contributed by atoms with Crippen molar-refractivity contribution in [1.29, 1.82) is 5.26 Å². The number of anilines is 1. The van der Waals surface area contributed by atoms with Crippen LogP contribution in [0.25, 0.3) is 0 Å². The lowest BCUT2D eigenvalue weighted by atomic mass is 9.78. The number of amides is 2. The van der Waals surface area contributed by atoms with Gasteiger partial charge in [0.05, 0.1) is 29.0 Å². The van der Waals surface area contributed by atoms with Gasteiger partial charge < -0.3 is 15.4 Å². The van der Waals surface area contributed by atoms with Crippen molar-refractivity contribution in [3.63, 3.8) is 0 Å². The number of carbonyl (C=O) groups is 3. The quantitative estimate of drug-likeness (QED) is 0.425. The molecule has 2 aromatic carbocycles. The van der Waals surface area contributed by atoms with Crippen LogP contribution in [0.4, 0.5) is 5.69 Å². The lowest BCUT2D eigenvalue weighted by Crippen LogP contribution is -2.44. The first-order valence-corrected chi connectivity index (χ1v) is 11.6. The number of nitriles is 1. The van der Waals surface area contributed by atoms with Crippen LogP contribution in [-0.2, 0) is 19.1 Å². The Bertz CT molecular complexity index is 1150. The van der Waals surface area contributed by atoms with Gasteiger partial charge in [-0.2, -0.15) is 5.26 Å². The van der Waals surface area contributed by atoms with E-state index in [0.717, 1.165) is 11.8 Å². The van der Waals surface area contributed by atoms with E-state index in [1.54, 1.807) is 55.5 Å². The van der Waals surface area contributed by atoms with Gasteiger partial charge in [0.2, 0.25) is 11.8 Å². The molecule has 2 N–H and O–H groups in total. The van der Waals surface area contributed by atoms with Gasteiger partial charge in [-0.1, -0.05) is 53.2 Å². The van der Waals surface area contributed by atoms with E-state index in [1.165, 1.54) is 0 Å². The van der Waals surface area contributed by atoms with Gasteiger partial charge in [0.1, 0.15) is 5.92 Å². The summed E-state index contributed by atoms with van der Waals surface area (Å²) in [6.45, 7) is 1.71. The molecule has 170 valence electrons. The molecule has 0 unspecified atom stereocenters. The minimum atomic E-state index is -1.29. The fourth-order valence-electron chi connectivity index (χ4n) is 3.36. The molecular weight excluding hydrogens is 485 g/mol. The number of carbonyl (C=O) groups excluding carboxylic acids is 3. The molecule has 2 amide bonds. The molecule has 0 radical (unpaired) electrons. The molecule has 0 saturated carbocycles. The maximum Gasteiger partial charge on any atom is 0.319 e. The number of hydrogen-bond donors (Lipinski definition) is 2. The molecule has 3 rings (SSSR count). The Labute approximate surface area is 205 Å². The smallest absolute Gasteiger partial charge is 0.319 e. The van der Waals surface area contributed by atoms with E-state index < -0.39 is 23.7 Å². The van der Waals surface area contributed by atoms with Crippen molar-refractivity contribution in [3.8, 4) is 6.07 Å². The number of halogens is 2. The Kier molecular flexibility index (Phi) is 8.39. The van der Waals surface area contributed by atoms with E-state index in [4.69, 9.17) is 27.9 Å². The van der Waals surface area contributed by atoms with Crippen LogP contribution in [0.2, 0.25) is 10.0 Å². The highest BCUT2D eigenvalue weighted by atomic mass is 35.5. The summed E-state index contributed by atoms with van der Waals surface area (Å²) >= 11 is 13.2. The molecule has 0 aliphatic carbocycles. The van der Waals surface area contributed by atoms with E-state index in [9.17, 15) is 19.6 Å². The van der Waals surface area contributed by atoms with Crippen LogP contribution in [0.15, 0.2) is 59.1 Å². The molecule has 2 aromatic rings. The zero-order chi connectivity index (χ0) is 24.0. The average Bonchev–Trinajstić information content (AvgIpc) is 2.79. The van der Waals surface area contributed by atoms with Gasteiger partial charge in [-0.15, -0.1) is 0 Å². The molecule has 0 saturated heterocycles. The van der Waals surface area contributed by atoms with E-state index in [0.29, 0.717) is 21.3 Å². The van der Waals surface area contributed by atoms with Gasteiger partial charge in [-0.05, 0) is 42.8 Å². The van der Waals surface area contributed by atoms with Crippen molar-refractivity contribution < 1.29 is 19.1 Å². The molecule has 1 aliphatic heterocycles. The highest BCUT2D eigenvalue weighted by Gasteiger charge is 2.45. The minimum Gasteiger partial charge on any atom is -0.465 e. The highest BCUT2D eigenvalue weighted by Crippen LogP contribution is 2.42. The summed E-state index contributed by atoms with van der Waals surface area (Å²) in [5.74, 6) is -4.04. The van der Waals surface area contributed by atoms with Crippen molar-refractivity contribution in [3.05, 3.63) is 74.7 Å². The Morgan fingerprint density at radius 1 is 1.18 bits per heavy atom. The number of rotatable bonds is 7. The number of nitrogens with one attached hydrogen (secondary N) is 2. The number of benzene rings is 2. The lowest BCUT2D eigenvalue weighted by Gasteiger charge is -2.31. The maximum atomic E-state index is 12.9.